The van der Waals surface area contributed by atoms with E-state index in [9.17, 15) is 0 Å². The molecule has 0 aromatic carbocycles. The van der Waals surface area contributed by atoms with Crippen LogP contribution in [0.15, 0.2) is 12.2 Å². The van der Waals surface area contributed by atoms with Crippen molar-refractivity contribution in [2.45, 2.75) is 36.2 Å². The molecule has 12 heavy (non-hydrogen) atoms. The molecule has 0 saturated carbocycles. The van der Waals surface area contributed by atoms with Gasteiger partial charge in [0.2, 0.25) is 0 Å². The third kappa shape index (κ3) is 2.46. The molecule has 0 N–H and O–H groups in total. The molecule has 2 heteroatoms. The Kier molecular flexibility index (Phi) is 3.47. The van der Waals surface area contributed by atoms with Crippen LogP contribution in [0.1, 0.15) is 25.7 Å². The lowest BCUT2D eigenvalue weighted by molar-refractivity contribution is 0.859. The SMILES string of the molecule is C(=C/[C@H]1CCCS1)/[C@@H]1CCCS1. The van der Waals surface area contributed by atoms with Crippen LogP contribution in [0.4, 0.5) is 0 Å². The van der Waals surface area contributed by atoms with E-state index < -0.39 is 0 Å². The Morgan fingerprint density at radius 2 is 1.33 bits per heavy atom. The molecule has 2 aliphatic heterocycles. The summed E-state index contributed by atoms with van der Waals surface area (Å²) in [6.07, 6.45) is 10.6. The van der Waals surface area contributed by atoms with Gasteiger partial charge in [-0.25, -0.2) is 0 Å². The maximum Gasteiger partial charge on any atom is 0.0227 e. The summed E-state index contributed by atoms with van der Waals surface area (Å²) in [5.41, 5.74) is 0. The predicted octanol–water partition coefficient (Wildman–Crippen LogP) is 3.33. The first kappa shape index (κ1) is 9.01. The summed E-state index contributed by atoms with van der Waals surface area (Å²) in [7, 11) is 0. The van der Waals surface area contributed by atoms with E-state index in [0.717, 1.165) is 10.5 Å². The highest BCUT2D eigenvalue weighted by Gasteiger charge is 2.15. The summed E-state index contributed by atoms with van der Waals surface area (Å²) in [4.78, 5) is 0. The fraction of sp³-hybridized carbons (Fsp3) is 0.800. The zero-order valence-electron chi connectivity index (χ0n) is 7.37. The van der Waals surface area contributed by atoms with E-state index in [0.29, 0.717) is 0 Å². The molecule has 0 bridgehead atoms. The van der Waals surface area contributed by atoms with Crippen LogP contribution in [-0.2, 0) is 0 Å². The van der Waals surface area contributed by atoms with Gasteiger partial charge in [0.25, 0.3) is 0 Å². The molecule has 0 spiro atoms. The largest absolute Gasteiger partial charge is 0.154 e. The van der Waals surface area contributed by atoms with Gasteiger partial charge in [-0.1, -0.05) is 12.2 Å². The van der Waals surface area contributed by atoms with Crippen molar-refractivity contribution in [1.82, 2.24) is 0 Å². The molecule has 0 amide bonds. The molecular weight excluding hydrogens is 184 g/mol. The zero-order chi connectivity index (χ0) is 8.23. The highest BCUT2D eigenvalue weighted by Crippen LogP contribution is 2.30. The third-order valence-corrected chi connectivity index (χ3v) is 5.16. The van der Waals surface area contributed by atoms with Crippen LogP contribution in [-0.4, -0.2) is 22.0 Å². The first-order valence-electron chi connectivity index (χ1n) is 4.87. The standard InChI is InChI=1S/C10H16S2/c1-3-9(11-7-1)5-6-10-4-2-8-12-10/h5-6,9-10H,1-4,7-8H2/b6-5-/t9-,10+. The van der Waals surface area contributed by atoms with Crippen LogP contribution in [0.2, 0.25) is 0 Å². The van der Waals surface area contributed by atoms with Crippen molar-refractivity contribution in [2.24, 2.45) is 0 Å². The van der Waals surface area contributed by atoms with Crippen molar-refractivity contribution in [1.29, 1.82) is 0 Å². The van der Waals surface area contributed by atoms with Crippen LogP contribution in [0, 0.1) is 0 Å². The van der Waals surface area contributed by atoms with Crippen LogP contribution in [0.25, 0.3) is 0 Å². The third-order valence-electron chi connectivity index (χ3n) is 2.47. The molecule has 0 aromatic heterocycles. The molecule has 2 atom stereocenters. The van der Waals surface area contributed by atoms with Gasteiger partial charge in [0.15, 0.2) is 0 Å². The van der Waals surface area contributed by atoms with Crippen LogP contribution >= 0.6 is 23.5 Å². The molecule has 2 rings (SSSR count). The van der Waals surface area contributed by atoms with E-state index in [1.54, 1.807) is 0 Å². The molecule has 68 valence electrons. The van der Waals surface area contributed by atoms with E-state index in [-0.39, 0.29) is 0 Å². The molecule has 0 unspecified atom stereocenters. The highest BCUT2D eigenvalue weighted by molar-refractivity contribution is 8.00. The van der Waals surface area contributed by atoms with Crippen LogP contribution in [0.5, 0.6) is 0 Å². The highest BCUT2D eigenvalue weighted by atomic mass is 32.2. The van der Waals surface area contributed by atoms with Gasteiger partial charge in [-0.3, -0.25) is 0 Å². The van der Waals surface area contributed by atoms with Gasteiger partial charge < -0.3 is 0 Å². The van der Waals surface area contributed by atoms with E-state index in [4.69, 9.17) is 0 Å². The molecule has 0 aliphatic carbocycles. The molecule has 2 fully saturated rings. The first-order chi connectivity index (χ1) is 5.95. The minimum atomic E-state index is 0.853. The van der Waals surface area contributed by atoms with Gasteiger partial charge in [-0.05, 0) is 37.2 Å². The summed E-state index contributed by atoms with van der Waals surface area (Å²) in [5, 5.41) is 1.71. The number of thioether (sulfide) groups is 2. The zero-order valence-corrected chi connectivity index (χ0v) is 9.00. The number of hydrogen-bond donors (Lipinski definition) is 0. The molecule has 0 radical (unpaired) electrons. The van der Waals surface area contributed by atoms with Gasteiger partial charge in [-0.2, -0.15) is 23.5 Å². The predicted molar refractivity (Wildman–Crippen MR) is 60.1 cm³/mol. The van der Waals surface area contributed by atoms with E-state index in [2.05, 4.69) is 35.7 Å². The van der Waals surface area contributed by atoms with Crippen molar-refractivity contribution in [3.8, 4) is 0 Å². The Hall–Kier alpha value is 0.440. The number of hydrogen-bond acceptors (Lipinski definition) is 2. The van der Waals surface area contributed by atoms with Gasteiger partial charge >= 0.3 is 0 Å². The Labute approximate surface area is 83.6 Å². The fourth-order valence-corrected chi connectivity index (χ4v) is 4.10. The van der Waals surface area contributed by atoms with E-state index in [1.807, 2.05) is 0 Å². The first-order valence-corrected chi connectivity index (χ1v) is 6.96. The lowest BCUT2D eigenvalue weighted by atomic mass is 10.2. The molecule has 2 aliphatic rings. The molecule has 0 nitrogen and oxygen atoms in total. The Bertz CT molecular complexity index is 135. The smallest absolute Gasteiger partial charge is 0.0227 e. The average Bonchev–Trinajstić information content (AvgIpc) is 2.74. The minimum absolute atomic E-state index is 0.853. The van der Waals surface area contributed by atoms with Gasteiger partial charge in [0.1, 0.15) is 0 Å². The Morgan fingerprint density at radius 3 is 1.67 bits per heavy atom. The van der Waals surface area contributed by atoms with Crippen molar-refractivity contribution in [3.63, 3.8) is 0 Å². The van der Waals surface area contributed by atoms with E-state index in [1.165, 1.54) is 37.2 Å². The quantitative estimate of drug-likeness (QED) is 0.627. The second-order valence-corrected chi connectivity index (χ2v) is 6.18. The molecule has 2 saturated heterocycles. The van der Waals surface area contributed by atoms with Gasteiger partial charge in [-0.15, -0.1) is 0 Å². The monoisotopic (exact) mass is 200 g/mol. The van der Waals surface area contributed by atoms with Crippen LogP contribution < -0.4 is 0 Å². The second-order valence-electron chi connectivity index (χ2n) is 3.49. The fourth-order valence-electron chi connectivity index (χ4n) is 1.76. The second kappa shape index (κ2) is 4.61. The lowest BCUT2D eigenvalue weighted by Crippen LogP contribution is -1.94. The Morgan fingerprint density at radius 1 is 0.833 bits per heavy atom. The molecular formula is C10H16S2. The summed E-state index contributed by atoms with van der Waals surface area (Å²) in [5.74, 6) is 2.76. The van der Waals surface area contributed by atoms with Gasteiger partial charge in [0.05, 0.1) is 0 Å². The number of rotatable bonds is 2. The summed E-state index contributed by atoms with van der Waals surface area (Å²) in [6, 6.07) is 0. The maximum atomic E-state index is 2.46. The summed E-state index contributed by atoms with van der Waals surface area (Å²) < 4.78 is 0. The van der Waals surface area contributed by atoms with E-state index >= 15 is 0 Å². The summed E-state index contributed by atoms with van der Waals surface area (Å²) >= 11 is 4.26. The maximum absolute atomic E-state index is 2.46. The molecule has 2 heterocycles. The van der Waals surface area contributed by atoms with Crippen LogP contribution in [0.3, 0.4) is 0 Å². The van der Waals surface area contributed by atoms with Crippen molar-refractivity contribution >= 4 is 23.5 Å². The topological polar surface area (TPSA) is 0 Å². The lowest BCUT2D eigenvalue weighted by Gasteiger charge is -2.03. The Balaban J connectivity index is 1.75. The van der Waals surface area contributed by atoms with Crippen molar-refractivity contribution in [3.05, 3.63) is 12.2 Å². The van der Waals surface area contributed by atoms with Gasteiger partial charge in [0, 0.05) is 10.5 Å². The molecule has 0 aromatic rings. The summed E-state index contributed by atoms with van der Waals surface area (Å²) in [6.45, 7) is 0. The minimum Gasteiger partial charge on any atom is -0.154 e. The average molecular weight is 200 g/mol. The van der Waals surface area contributed by atoms with Crippen molar-refractivity contribution in [2.75, 3.05) is 11.5 Å². The van der Waals surface area contributed by atoms with Crippen molar-refractivity contribution < 1.29 is 0 Å². The normalized spacial score (nSPS) is 36.7.